The molecule has 0 atom stereocenters. The van der Waals surface area contributed by atoms with Crippen LogP contribution in [0.1, 0.15) is 27.6 Å². The molecular weight excluding hydrogens is 256 g/mol. The smallest absolute Gasteiger partial charge is 0.511 e. The number of ether oxygens (including phenoxy) is 1. The van der Waals surface area contributed by atoms with Crippen molar-refractivity contribution in [1.82, 2.24) is 0 Å². The minimum absolute atomic E-state index is 0.0867. The Bertz CT molecular complexity index is 453. The van der Waals surface area contributed by atoms with E-state index in [1.54, 1.807) is 0 Å². The van der Waals surface area contributed by atoms with Crippen molar-refractivity contribution in [3.63, 3.8) is 0 Å². The lowest BCUT2D eigenvalue weighted by Gasteiger charge is -2.04. The van der Waals surface area contributed by atoms with Crippen molar-refractivity contribution in [3.8, 4) is 0 Å². The summed E-state index contributed by atoms with van der Waals surface area (Å²) in [6, 6.07) is 6.02. The third-order valence-corrected chi connectivity index (χ3v) is 2.52. The summed E-state index contributed by atoms with van der Waals surface area (Å²) in [5.41, 5.74) is 0.811. The Balaban J connectivity index is 2.46. The Morgan fingerprint density at radius 2 is 1.72 bits per heavy atom. The maximum absolute atomic E-state index is 11.5. The van der Waals surface area contributed by atoms with Crippen LogP contribution < -0.4 is 0 Å². The zero-order chi connectivity index (χ0) is 13.5. The van der Waals surface area contributed by atoms with E-state index in [0.717, 1.165) is 0 Å². The normalized spacial score (nSPS) is 9.61. The van der Waals surface area contributed by atoms with Crippen molar-refractivity contribution in [1.29, 1.82) is 0 Å². The molecule has 1 aromatic carbocycles. The number of rotatable bonds is 6. The van der Waals surface area contributed by atoms with Crippen molar-refractivity contribution in [2.24, 2.45) is 0 Å². The van der Waals surface area contributed by atoms with Gasteiger partial charge in [0.1, 0.15) is 13.2 Å². The lowest BCUT2D eigenvalue weighted by Crippen LogP contribution is -2.14. The Kier molecular flexibility index (Phi) is 5.19. The summed E-state index contributed by atoms with van der Waals surface area (Å²) in [4.78, 5) is 30.9. The summed E-state index contributed by atoms with van der Waals surface area (Å²) >= 11 is 0. The second kappa shape index (κ2) is 6.65. The van der Waals surface area contributed by atoms with Crippen LogP contribution in [0.2, 0.25) is 0 Å². The van der Waals surface area contributed by atoms with Crippen molar-refractivity contribution >= 4 is 20.9 Å². The van der Waals surface area contributed by atoms with Crippen molar-refractivity contribution in [2.45, 2.75) is 6.92 Å². The molecule has 0 aliphatic rings. The summed E-state index contributed by atoms with van der Waals surface area (Å²) in [5, 5.41) is 0. The molecule has 0 amide bonds. The molecule has 0 aliphatic heterocycles. The van der Waals surface area contributed by atoms with Crippen molar-refractivity contribution in [2.75, 3.05) is 13.2 Å². The molecule has 0 aromatic heterocycles. The van der Waals surface area contributed by atoms with Gasteiger partial charge in [-0.2, -0.15) is 0 Å². The molecular formula is C11H12O6Si. The van der Waals surface area contributed by atoms with Gasteiger partial charge in [0.2, 0.25) is 0 Å². The number of hydrogen-bond donors (Lipinski definition) is 1. The SMILES string of the molecule is CC(=O)c1ccc(C(=O)OCCO[Si](=O)O)cc1. The molecule has 0 bridgehead atoms. The highest BCUT2D eigenvalue weighted by atomic mass is 28.3. The third kappa shape index (κ3) is 4.46. The highest BCUT2D eigenvalue weighted by molar-refractivity contribution is 6.24. The first kappa shape index (κ1) is 14.0. The second-order valence-corrected chi connectivity index (χ2v) is 4.20. The van der Waals surface area contributed by atoms with E-state index in [4.69, 9.17) is 9.53 Å². The lowest BCUT2D eigenvalue weighted by atomic mass is 10.1. The Morgan fingerprint density at radius 1 is 1.17 bits per heavy atom. The van der Waals surface area contributed by atoms with Gasteiger partial charge in [0, 0.05) is 5.56 Å². The predicted octanol–water partition coefficient (Wildman–Crippen LogP) is 0.470. The summed E-state index contributed by atoms with van der Waals surface area (Å²) < 4.78 is 19.4. The van der Waals surface area contributed by atoms with Gasteiger partial charge in [0.15, 0.2) is 5.78 Å². The van der Waals surface area contributed by atoms with Gasteiger partial charge in [-0.3, -0.25) is 9.26 Å². The predicted molar refractivity (Wildman–Crippen MR) is 61.3 cm³/mol. The molecule has 0 spiro atoms. The van der Waals surface area contributed by atoms with Crippen LogP contribution in [-0.2, 0) is 13.6 Å². The van der Waals surface area contributed by atoms with Crippen molar-refractivity contribution in [3.05, 3.63) is 35.4 Å². The first-order valence-electron chi connectivity index (χ1n) is 5.14. The molecule has 0 aliphatic carbocycles. The van der Waals surface area contributed by atoms with Crippen LogP contribution in [0.25, 0.3) is 0 Å². The van der Waals surface area contributed by atoms with E-state index in [9.17, 15) is 14.1 Å². The van der Waals surface area contributed by atoms with Gasteiger partial charge < -0.3 is 14.0 Å². The van der Waals surface area contributed by atoms with E-state index in [-0.39, 0.29) is 19.0 Å². The summed E-state index contributed by atoms with van der Waals surface area (Å²) in [6.07, 6.45) is 0. The van der Waals surface area contributed by atoms with Crippen LogP contribution in [-0.4, -0.2) is 38.9 Å². The molecule has 18 heavy (non-hydrogen) atoms. The quantitative estimate of drug-likeness (QED) is 0.349. The maximum atomic E-state index is 11.5. The summed E-state index contributed by atoms with van der Waals surface area (Å²) in [7, 11) is -2.99. The van der Waals surface area contributed by atoms with Crippen LogP contribution in [0.15, 0.2) is 24.3 Å². The van der Waals surface area contributed by atoms with Gasteiger partial charge in [0.05, 0.1) is 5.56 Å². The third-order valence-electron chi connectivity index (χ3n) is 2.07. The number of carbonyl (C=O) groups excluding carboxylic acids is 2. The fourth-order valence-corrected chi connectivity index (χ4v) is 1.45. The Hall–Kier alpha value is -2.02. The Morgan fingerprint density at radius 3 is 2.22 bits per heavy atom. The van der Waals surface area contributed by atoms with Gasteiger partial charge >= 0.3 is 15.1 Å². The van der Waals surface area contributed by atoms with Crippen LogP contribution in [0.3, 0.4) is 0 Å². The summed E-state index contributed by atoms with van der Waals surface area (Å²) in [5.74, 6) is -0.664. The first-order chi connectivity index (χ1) is 8.50. The minimum Gasteiger partial charge on any atom is -0.511 e. The lowest BCUT2D eigenvalue weighted by molar-refractivity contribution is 0.0428. The molecule has 7 heteroatoms. The van der Waals surface area contributed by atoms with Crippen LogP contribution in [0, 0.1) is 0 Å². The monoisotopic (exact) mass is 268 g/mol. The molecule has 1 rings (SSSR count). The number of esters is 1. The standard InChI is InChI=1S/C11H12O6Si/c1-8(12)9-2-4-10(5-3-9)11(13)16-6-7-17-18(14)15/h2-5,14H,6-7H2,1H3. The molecule has 0 unspecified atom stereocenters. The highest BCUT2D eigenvalue weighted by Gasteiger charge is 2.09. The number of Topliss-reactive ketones (excluding diaryl/α,β-unsaturated/α-hetero) is 1. The van der Waals surface area contributed by atoms with Gasteiger partial charge in [0.25, 0.3) is 0 Å². The Labute approximate surface area is 105 Å². The average molecular weight is 268 g/mol. The topological polar surface area (TPSA) is 89.9 Å². The van der Waals surface area contributed by atoms with Gasteiger partial charge in [-0.25, -0.2) is 4.79 Å². The number of carbonyl (C=O) groups is 2. The molecule has 1 N–H and O–H groups in total. The van der Waals surface area contributed by atoms with E-state index < -0.39 is 15.1 Å². The maximum Gasteiger partial charge on any atom is 0.764 e. The van der Waals surface area contributed by atoms with E-state index in [1.807, 2.05) is 0 Å². The molecule has 0 radical (unpaired) electrons. The zero-order valence-electron chi connectivity index (χ0n) is 9.71. The molecule has 6 nitrogen and oxygen atoms in total. The van der Waals surface area contributed by atoms with Crippen molar-refractivity contribution < 1.29 is 28.0 Å². The molecule has 1 aromatic rings. The van der Waals surface area contributed by atoms with Gasteiger partial charge in [-0.05, 0) is 19.1 Å². The number of ketones is 1. The zero-order valence-corrected chi connectivity index (χ0v) is 10.7. The fraction of sp³-hybridized carbons (Fsp3) is 0.273. The van der Waals surface area contributed by atoms with Crippen LogP contribution >= 0.6 is 0 Å². The van der Waals surface area contributed by atoms with Gasteiger partial charge in [-0.1, -0.05) is 12.1 Å². The van der Waals surface area contributed by atoms with E-state index in [0.29, 0.717) is 11.1 Å². The van der Waals surface area contributed by atoms with Crippen LogP contribution in [0.4, 0.5) is 0 Å². The highest BCUT2D eigenvalue weighted by Crippen LogP contribution is 2.06. The average Bonchev–Trinajstić information content (AvgIpc) is 2.34. The molecule has 0 fully saturated rings. The number of benzene rings is 1. The molecule has 0 saturated carbocycles. The minimum atomic E-state index is -2.99. The second-order valence-electron chi connectivity index (χ2n) is 3.38. The molecule has 0 heterocycles. The van der Waals surface area contributed by atoms with E-state index in [1.165, 1.54) is 31.2 Å². The van der Waals surface area contributed by atoms with E-state index in [2.05, 4.69) is 4.43 Å². The first-order valence-corrected chi connectivity index (χ1v) is 6.41. The van der Waals surface area contributed by atoms with Gasteiger partial charge in [-0.15, -0.1) is 0 Å². The largest absolute Gasteiger partial charge is 0.764 e. The van der Waals surface area contributed by atoms with Crippen LogP contribution in [0.5, 0.6) is 0 Å². The molecule has 96 valence electrons. The fourth-order valence-electron chi connectivity index (χ4n) is 1.19. The summed E-state index contributed by atoms with van der Waals surface area (Å²) in [6.45, 7) is 1.19. The molecule has 0 saturated heterocycles. The van der Waals surface area contributed by atoms with E-state index >= 15 is 0 Å². The number of hydrogen-bond acceptors (Lipinski definition) is 5.